The number of aromatic nitrogens is 2. The van der Waals surface area contributed by atoms with Crippen LogP contribution < -0.4 is 0 Å². The third kappa shape index (κ3) is 2.32. The summed E-state index contributed by atoms with van der Waals surface area (Å²) in [5.74, 6) is 0.707. The average molecular weight is 283 g/mol. The standard InChI is InChI=1S/C12H12BrFN2/c1-8-3-2-4-9(12(8)14)10(13)7-11-15-5-6-16-11/h2-6,10H,7H2,1H3,(H,15,16). The normalized spacial score (nSPS) is 12.7. The first-order valence-electron chi connectivity index (χ1n) is 5.06. The minimum atomic E-state index is -0.143. The molecule has 1 aromatic carbocycles. The molecule has 0 aliphatic carbocycles. The number of aryl methyl sites for hydroxylation is 1. The monoisotopic (exact) mass is 282 g/mol. The number of hydrogen-bond acceptors (Lipinski definition) is 1. The van der Waals surface area contributed by atoms with Crippen molar-refractivity contribution in [3.63, 3.8) is 0 Å². The van der Waals surface area contributed by atoms with E-state index in [-0.39, 0.29) is 10.6 Å². The van der Waals surface area contributed by atoms with E-state index in [1.54, 1.807) is 31.5 Å². The number of nitrogens with zero attached hydrogens (tertiary/aromatic N) is 1. The lowest BCUT2D eigenvalue weighted by molar-refractivity contribution is 0.598. The molecule has 0 amide bonds. The van der Waals surface area contributed by atoms with Crippen molar-refractivity contribution < 1.29 is 4.39 Å². The van der Waals surface area contributed by atoms with Gasteiger partial charge in [-0.3, -0.25) is 0 Å². The van der Waals surface area contributed by atoms with Gasteiger partial charge in [-0.25, -0.2) is 9.37 Å². The summed E-state index contributed by atoms with van der Waals surface area (Å²) < 4.78 is 13.8. The first kappa shape index (κ1) is 11.3. The first-order chi connectivity index (χ1) is 7.68. The molecule has 1 aromatic heterocycles. The van der Waals surface area contributed by atoms with Gasteiger partial charge in [0.05, 0.1) is 0 Å². The van der Waals surface area contributed by atoms with Crippen LogP contribution >= 0.6 is 15.9 Å². The van der Waals surface area contributed by atoms with Gasteiger partial charge in [-0.15, -0.1) is 0 Å². The molecular formula is C12H12BrFN2. The van der Waals surface area contributed by atoms with Gasteiger partial charge in [-0.05, 0) is 12.5 Å². The van der Waals surface area contributed by atoms with Gasteiger partial charge in [0.15, 0.2) is 0 Å². The van der Waals surface area contributed by atoms with Gasteiger partial charge in [-0.1, -0.05) is 34.1 Å². The summed E-state index contributed by atoms with van der Waals surface area (Å²) in [6.45, 7) is 1.77. The second-order valence-corrected chi connectivity index (χ2v) is 4.79. The molecule has 0 saturated heterocycles. The van der Waals surface area contributed by atoms with Crippen LogP contribution in [0.2, 0.25) is 0 Å². The molecule has 2 aromatic rings. The third-order valence-corrected chi connectivity index (χ3v) is 3.30. The number of rotatable bonds is 3. The van der Waals surface area contributed by atoms with Crippen molar-refractivity contribution in [2.45, 2.75) is 18.2 Å². The van der Waals surface area contributed by atoms with Crippen LogP contribution in [-0.4, -0.2) is 9.97 Å². The van der Waals surface area contributed by atoms with Crippen LogP contribution in [0.1, 0.15) is 21.8 Å². The molecule has 0 saturated carbocycles. The topological polar surface area (TPSA) is 28.7 Å². The highest BCUT2D eigenvalue weighted by Gasteiger charge is 2.15. The van der Waals surface area contributed by atoms with Crippen LogP contribution in [0.5, 0.6) is 0 Å². The predicted octanol–water partition coefficient (Wildman–Crippen LogP) is 3.54. The fourth-order valence-electron chi connectivity index (χ4n) is 1.60. The van der Waals surface area contributed by atoms with E-state index in [4.69, 9.17) is 0 Å². The lowest BCUT2D eigenvalue weighted by Crippen LogP contribution is -2.01. The van der Waals surface area contributed by atoms with Crippen molar-refractivity contribution in [2.75, 3.05) is 0 Å². The van der Waals surface area contributed by atoms with Gasteiger partial charge in [0, 0.05) is 29.2 Å². The number of benzene rings is 1. The van der Waals surface area contributed by atoms with Gasteiger partial charge in [0.25, 0.3) is 0 Å². The summed E-state index contributed by atoms with van der Waals surface area (Å²) in [5, 5.41) is 0. The summed E-state index contributed by atoms with van der Waals surface area (Å²) in [4.78, 5) is 7.08. The predicted molar refractivity (Wildman–Crippen MR) is 65.1 cm³/mol. The van der Waals surface area contributed by atoms with Crippen LogP contribution in [-0.2, 0) is 6.42 Å². The Hall–Kier alpha value is -1.16. The molecule has 0 bridgehead atoms. The summed E-state index contributed by atoms with van der Waals surface area (Å²) in [5.41, 5.74) is 1.35. The van der Waals surface area contributed by atoms with Gasteiger partial charge in [0.1, 0.15) is 11.6 Å². The summed E-state index contributed by atoms with van der Waals surface area (Å²) in [6, 6.07) is 5.43. The van der Waals surface area contributed by atoms with E-state index in [0.29, 0.717) is 17.5 Å². The highest BCUT2D eigenvalue weighted by atomic mass is 79.9. The lowest BCUT2D eigenvalue weighted by Gasteiger charge is -2.11. The highest BCUT2D eigenvalue weighted by molar-refractivity contribution is 9.09. The molecule has 0 radical (unpaired) electrons. The minimum Gasteiger partial charge on any atom is -0.349 e. The molecule has 0 aliphatic rings. The smallest absolute Gasteiger partial charge is 0.130 e. The average Bonchev–Trinajstić information content (AvgIpc) is 2.74. The minimum absolute atomic E-state index is 0.0569. The van der Waals surface area contributed by atoms with Gasteiger partial charge in [0.2, 0.25) is 0 Å². The van der Waals surface area contributed by atoms with E-state index in [0.717, 1.165) is 5.82 Å². The Morgan fingerprint density at radius 3 is 3.00 bits per heavy atom. The first-order valence-corrected chi connectivity index (χ1v) is 5.97. The Balaban J connectivity index is 2.21. The number of aromatic amines is 1. The highest BCUT2D eigenvalue weighted by Crippen LogP contribution is 2.29. The maximum absolute atomic E-state index is 13.8. The van der Waals surface area contributed by atoms with Crippen molar-refractivity contribution in [3.8, 4) is 0 Å². The molecule has 4 heteroatoms. The Bertz CT molecular complexity index is 468. The molecule has 1 unspecified atom stereocenters. The number of nitrogens with one attached hydrogen (secondary N) is 1. The quantitative estimate of drug-likeness (QED) is 0.858. The summed E-state index contributed by atoms with van der Waals surface area (Å²) >= 11 is 3.49. The van der Waals surface area contributed by atoms with Gasteiger partial charge < -0.3 is 4.98 Å². The molecular weight excluding hydrogens is 271 g/mol. The van der Waals surface area contributed by atoms with Crippen molar-refractivity contribution >= 4 is 15.9 Å². The molecule has 0 spiro atoms. The second-order valence-electron chi connectivity index (χ2n) is 3.69. The maximum Gasteiger partial charge on any atom is 0.130 e. The Morgan fingerprint density at radius 1 is 1.50 bits per heavy atom. The van der Waals surface area contributed by atoms with Gasteiger partial charge in [-0.2, -0.15) is 0 Å². The van der Waals surface area contributed by atoms with Gasteiger partial charge >= 0.3 is 0 Å². The zero-order valence-corrected chi connectivity index (χ0v) is 10.5. The molecule has 1 atom stereocenters. The molecule has 2 nitrogen and oxygen atoms in total. The largest absolute Gasteiger partial charge is 0.349 e. The zero-order chi connectivity index (χ0) is 11.5. The van der Waals surface area contributed by atoms with E-state index in [9.17, 15) is 4.39 Å². The molecule has 1 heterocycles. The van der Waals surface area contributed by atoms with E-state index >= 15 is 0 Å². The molecule has 84 valence electrons. The number of alkyl halides is 1. The number of hydrogen-bond donors (Lipinski definition) is 1. The van der Waals surface area contributed by atoms with E-state index in [1.165, 1.54) is 0 Å². The van der Waals surface area contributed by atoms with Crippen LogP contribution in [0.15, 0.2) is 30.6 Å². The SMILES string of the molecule is Cc1cccc(C(Br)Cc2ncc[nH]2)c1F. The van der Waals surface area contributed by atoms with E-state index in [1.807, 2.05) is 6.07 Å². The zero-order valence-electron chi connectivity index (χ0n) is 8.87. The molecule has 16 heavy (non-hydrogen) atoms. The fourth-order valence-corrected chi connectivity index (χ4v) is 2.26. The van der Waals surface area contributed by atoms with Crippen molar-refractivity contribution in [2.24, 2.45) is 0 Å². The van der Waals surface area contributed by atoms with Crippen LogP contribution in [0.3, 0.4) is 0 Å². The Morgan fingerprint density at radius 2 is 2.31 bits per heavy atom. The van der Waals surface area contributed by atoms with Crippen LogP contribution in [0.4, 0.5) is 4.39 Å². The van der Waals surface area contributed by atoms with Crippen molar-refractivity contribution in [1.29, 1.82) is 0 Å². The number of H-pyrrole nitrogens is 1. The molecule has 0 aliphatic heterocycles. The summed E-state index contributed by atoms with van der Waals surface area (Å²) in [7, 11) is 0. The second kappa shape index (κ2) is 4.78. The number of imidazole rings is 1. The summed E-state index contributed by atoms with van der Waals surface area (Å²) in [6.07, 6.45) is 4.11. The van der Waals surface area contributed by atoms with E-state index < -0.39 is 0 Å². The maximum atomic E-state index is 13.8. The van der Waals surface area contributed by atoms with Crippen LogP contribution in [0.25, 0.3) is 0 Å². The number of halogens is 2. The van der Waals surface area contributed by atoms with E-state index in [2.05, 4.69) is 25.9 Å². The van der Waals surface area contributed by atoms with Crippen LogP contribution in [0, 0.1) is 12.7 Å². The molecule has 1 N–H and O–H groups in total. The Kier molecular flexibility index (Phi) is 3.39. The van der Waals surface area contributed by atoms with Crippen molar-refractivity contribution in [3.05, 3.63) is 53.4 Å². The van der Waals surface area contributed by atoms with Crippen molar-refractivity contribution in [1.82, 2.24) is 9.97 Å². The molecule has 0 fully saturated rings. The fraction of sp³-hybridized carbons (Fsp3) is 0.250. The Labute approximate surface area is 102 Å². The third-order valence-electron chi connectivity index (χ3n) is 2.49. The lowest BCUT2D eigenvalue weighted by atomic mass is 10.1. The molecule has 2 rings (SSSR count).